The second-order valence-corrected chi connectivity index (χ2v) is 10.7. The summed E-state index contributed by atoms with van der Waals surface area (Å²) in [4.78, 5) is 29.3. The molecule has 1 N–H and O–H groups in total. The molecule has 1 atom stereocenters. The zero-order valence-corrected chi connectivity index (χ0v) is 26.6. The van der Waals surface area contributed by atoms with Gasteiger partial charge in [-0.15, -0.1) is 24.8 Å². The van der Waals surface area contributed by atoms with E-state index in [2.05, 4.69) is 22.0 Å². The first-order chi connectivity index (χ1) is 19.3. The Kier molecular flexibility index (Phi) is 11.7. The van der Waals surface area contributed by atoms with Crippen LogP contribution in [0.5, 0.6) is 11.5 Å². The normalized spacial score (nSPS) is 17.4. The standard InChI is InChI=1S/C29H36ClFN6O3.2ClH/c1-5-36-12-6-7-24(36)28(38)35(2)19-10-13-37(14-11-19)29-33-23-17-26(40-4)25(39-3)16-20(23)27(34-29)32-22-9-8-18(30)15-21(22)31;;/h8-9,15-17,19,24H,5-7,10-14H2,1-4H3,(H,32,33,34);2*1H/t24-;;/m0../s1. The lowest BCUT2D eigenvalue weighted by atomic mass is 10.0. The maximum atomic E-state index is 14.7. The summed E-state index contributed by atoms with van der Waals surface area (Å²) in [6.45, 7) is 5.39. The van der Waals surface area contributed by atoms with Gasteiger partial charge in [0.05, 0.1) is 31.5 Å². The lowest BCUT2D eigenvalue weighted by Crippen LogP contribution is -2.51. The van der Waals surface area contributed by atoms with E-state index >= 15 is 0 Å². The Hall–Kier alpha value is -2.79. The number of likely N-dealkylation sites (tertiary alicyclic amines) is 1. The third-order valence-corrected chi connectivity index (χ3v) is 8.31. The summed E-state index contributed by atoms with van der Waals surface area (Å²) < 4.78 is 25.7. The number of aromatic nitrogens is 2. The molecular formula is C29H38Cl3FN6O3. The van der Waals surface area contributed by atoms with Gasteiger partial charge in [-0.2, -0.15) is 4.98 Å². The van der Waals surface area contributed by atoms with E-state index in [0.29, 0.717) is 52.3 Å². The van der Waals surface area contributed by atoms with Crippen molar-refractivity contribution in [2.45, 2.75) is 44.7 Å². The fourth-order valence-corrected chi connectivity index (χ4v) is 5.91. The van der Waals surface area contributed by atoms with Crippen molar-refractivity contribution in [2.24, 2.45) is 0 Å². The van der Waals surface area contributed by atoms with Gasteiger partial charge in [-0.25, -0.2) is 9.37 Å². The molecule has 2 aliphatic rings. The predicted octanol–water partition coefficient (Wildman–Crippen LogP) is 5.94. The summed E-state index contributed by atoms with van der Waals surface area (Å²) in [5.41, 5.74) is 0.881. The van der Waals surface area contributed by atoms with Crippen LogP contribution in [0.4, 0.5) is 21.8 Å². The molecule has 3 aromatic rings. The summed E-state index contributed by atoms with van der Waals surface area (Å²) in [6.07, 6.45) is 3.62. The second kappa shape index (κ2) is 14.6. The summed E-state index contributed by atoms with van der Waals surface area (Å²) in [5.74, 6) is 1.75. The molecule has 2 saturated heterocycles. The van der Waals surface area contributed by atoms with Gasteiger partial charge in [0, 0.05) is 42.7 Å². The molecule has 0 unspecified atom stereocenters. The number of hydrogen-bond donors (Lipinski definition) is 1. The SMILES string of the molecule is CCN1CCC[C@H]1C(=O)N(C)C1CCN(c2nc(Nc3ccc(Cl)cc3F)c3cc(OC)c(OC)cc3n2)CC1.Cl.Cl. The van der Waals surface area contributed by atoms with Gasteiger partial charge in [0.1, 0.15) is 11.6 Å². The Morgan fingerprint density at radius 2 is 1.76 bits per heavy atom. The second-order valence-electron chi connectivity index (χ2n) is 10.3. The summed E-state index contributed by atoms with van der Waals surface area (Å²) in [7, 11) is 5.06. The summed E-state index contributed by atoms with van der Waals surface area (Å²) in [5, 5.41) is 4.10. The fourth-order valence-electron chi connectivity index (χ4n) is 5.75. The van der Waals surface area contributed by atoms with Crippen molar-refractivity contribution in [3.63, 3.8) is 0 Å². The number of halogens is 4. The van der Waals surface area contributed by atoms with E-state index in [9.17, 15) is 9.18 Å². The number of amides is 1. The maximum absolute atomic E-state index is 14.7. The van der Waals surface area contributed by atoms with Crippen LogP contribution >= 0.6 is 36.4 Å². The average molecular weight is 644 g/mol. The van der Waals surface area contributed by atoms with Crippen LogP contribution in [-0.4, -0.2) is 85.2 Å². The molecule has 1 amide bonds. The minimum absolute atomic E-state index is 0. The molecule has 2 aromatic carbocycles. The lowest BCUT2D eigenvalue weighted by Gasteiger charge is -2.38. The fraction of sp³-hybridized carbons (Fsp3) is 0.483. The molecule has 1 aromatic heterocycles. The van der Waals surface area contributed by atoms with Gasteiger partial charge in [0.25, 0.3) is 0 Å². The highest BCUT2D eigenvalue weighted by atomic mass is 35.5. The number of hydrogen-bond acceptors (Lipinski definition) is 8. The number of fused-ring (bicyclic) bond motifs is 1. The van der Waals surface area contributed by atoms with Gasteiger partial charge in [-0.1, -0.05) is 18.5 Å². The minimum Gasteiger partial charge on any atom is -0.493 e. The van der Waals surface area contributed by atoms with E-state index in [-0.39, 0.29) is 48.5 Å². The first-order valence-corrected chi connectivity index (χ1v) is 14.1. The van der Waals surface area contributed by atoms with Gasteiger partial charge in [0.15, 0.2) is 11.5 Å². The third kappa shape index (κ3) is 6.88. The highest BCUT2D eigenvalue weighted by molar-refractivity contribution is 6.30. The molecule has 230 valence electrons. The van der Waals surface area contributed by atoms with Crippen LogP contribution < -0.4 is 19.7 Å². The van der Waals surface area contributed by atoms with Crippen LogP contribution in [-0.2, 0) is 4.79 Å². The van der Waals surface area contributed by atoms with Crippen molar-refractivity contribution in [1.29, 1.82) is 0 Å². The largest absolute Gasteiger partial charge is 0.493 e. The van der Waals surface area contributed by atoms with Gasteiger partial charge < -0.3 is 24.6 Å². The van der Waals surface area contributed by atoms with Gasteiger partial charge in [-0.05, 0) is 63.0 Å². The van der Waals surface area contributed by atoms with Gasteiger partial charge in [-0.3, -0.25) is 9.69 Å². The van der Waals surface area contributed by atoms with E-state index in [0.717, 1.165) is 38.8 Å². The van der Waals surface area contributed by atoms with Crippen LogP contribution in [0.25, 0.3) is 10.9 Å². The monoisotopic (exact) mass is 642 g/mol. The number of ether oxygens (including phenoxy) is 2. The maximum Gasteiger partial charge on any atom is 0.239 e. The topological polar surface area (TPSA) is 83.1 Å². The smallest absolute Gasteiger partial charge is 0.239 e. The van der Waals surface area contributed by atoms with Crippen LogP contribution in [0.2, 0.25) is 5.02 Å². The number of nitrogens with one attached hydrogen (secondary N) is 1. The molecule has 0 radical (unpaired) electrons. The van der Waals surface area contributed by atoms with E-state index in [4.69, 9.17) is 31.0 Å². The molecule has 13 heteroatoms. The van der Waals surface area contributed by atoms with Gasteiger partial charge >= 0.3 is 0 Å². The zero-order chi connectivity index (χ0) is 28.4. The molecule has 2 fully saturated rings. The molecule has 5 rings (SSSR count). The third-order valence-electron chi connectivity index (χ3n) is 8.07. The van der Waals surface area contributed by atoms with Crippen LogP contribution in [0.15, 0.2) is 30.3 Å². The number of carbonyl (C=O) groups excluding carboxylic acids is 1. The first-order valence-electron chi connectivity index (χ1n) is 13.7. The highest BCUT2D eigenvalue weighted by Gasteiger charge is 2.35. The van der Waals surface area contributed by atoms with Crippen molar-refractivity contribution in [1.82, 2.24) is 19.8 Å². The van der Waals surface area contributed by atoms with Crippen molar-refractivity contribution in [3.8, 4) is 11.5 Å². The number of rotatable bonds is 8. The number of carbonyl (C=O) groups is 1. The minimum atomic E-state index is -0.487. The molecule has 42 heavy (non-hydrogen) atoms. The molecule has 3 heterocycles. The van der Waals surface area contributed by atoms with E-state index < -0.39 is 5.82 Å². The Balaban J connectivity index is 0.00000242. The van der Waals surface area contributed by atoms with Crippen LogP contribution in [0.1, 0.15) is 32.6 Å². The molecule has 0 bridgehead atoms. The highest BCUT2D eigenvalue weighted by Crippen LogP contribution is 2.37. The molecule has 0 saturated carbocycles. The quantitative estimate of drug-likeness (QED) is 0.323. The van der Waals surface area contributed by atoms with Gasteiger partial charge in [0.2, 0.25) is 11.9 Å². The number of piperidine rings is 1. The summed E-state index contributed by atoms with van der Waals surface area (Å²) >= 11 is 5.96. The Bertz CT molecular complexity index is 1390. The molecule has 0 aliphatic carbocycles. The Labute approximate surface area is 263 Å². The Morgan fingerprint density at radius 3 is 2.40 bits per heavy atom. The average Bonchev–Trinajstić information content (AvgIpc) is 3.46. The van der Waals surface area contributed by atoms with Crippen molar-refractivity contribution < 1.29 is 18.7 Å². The van der Waals surface area contributed by atoms with Crippen molar-refractivity contribution in [2.75, 3.05) is 57.7 Å². The molecular weight excluding hydrogens is 606 g/mol. The number of benzene rings is 2. The number of nitrogens with zero attached hydrogens (tertiary/aromatic N) is 5. The first kappa shape index (κ1) is 33.7. The number of methoxy groups -OCH3 is 2. The van der Waals surface area contributed by atoms with E-state index in [1.165, 1.54) is 6.07 Å². The molecule has 9 nitrogen and oxygen atoms in total. The lowest BCUT2D eigenvalue weighted by molar-refractivity contribution is -0.137. The molecule has 0 spiro atoms. The van der Waals surface area contributed by atoms with Crippen molar-refractivity contribution in [3.05, 3.63) is 41.2 Å². The number of likely N-dealkylation sites (N-methyl/N-ethyl adjacent to an activating group) is 2. The predicted molar refractivity (Wildman–Crippen MR) is 170 cm³/mol. The Morgan fingerprint density at radius 1 is 1.07 bits per heavy atom. The zero-order valence-electron chi connectivity index (χ0n) is 24.2. The van der Waals surface area contributed by atoms with E-state index in [1.807, 2.05) is 11.9 Å². The van der Waals surface area contributed by atoms with Crippen LogP contribution in [0, 0.1) is 5.82 Å². The number of anilines is 3. The molecule has 2 aliphatic heterocycles. The van der Waals surface area contributed by atoms with Crippen molar-refractivity contribution >= 4 is 70.7 Å². The van der Waals surface area contributed by atoms with Crippen LogP contribution in [0.3, 0.4) is 0 Å². The van der Waals surface area contributed by atoms with E-state index in [1.54, 1.807) is 38.5 Å². The summed E-state index contributed by atoms with van der Waals surface area (Å²) in [6, 6.07) is 8.18.